The predicted octanol–water partition coefficient (Wildman–Crippen LogP) is 3.89. The van der Waals surface area contributed by atoms with E-state index in [0.717, 1.165) is 61.6 Å². The molecule has 0 saturated carbocycles. The van der Waals surface area contributed by atoms with Crippen molar-refractivity contribution in [3.8, 4) is 11.8 Å². The van der Waals surface area contributed by atoms with Gasteiger partial charge in [0.05, 0.1) is 11.2 Å². The van der Waals surface area contributed by atoms with Crippen LogP contribution in [0.4, 0.5) is 11.5 Å². The molecule has 5 aliphatic heterocycles. The number of phenolic OH excluding ortho intramolecular Hbond substituents is 1. The number of aromatic hydroxyl groups is 1. The van der Waals surface area contributed by atoms with Gasteiger partial charge in [-0.05, 0) is 69.5 Å². The Labute approximate surface area is 236 Å². The summed E-state index contributed by atoms with van der Waals surface area (Å²) in [6.07, 6.45) is 9.18. The van der Waals surface area contributed by atoms with Crippen molar-refractivity contribution in [1.29, 1.82) is 0 Å². The van der Waals surface area contributed by atoms with Crippen molar-refractivity contribution in [3.63, 3.8) is 0 Å². The third-order valence-electron chi connectivity index (χ3n) is 10.3. The summed E-state index contributed by atoms with van der Waals surface area (Å²) in [5, 5.41) is 16.6. The highest BCUT2D eigenvalue weighted by Gasteiger charge is 2.45. The zero-order chi connectivity index (χ0) is 26.7. The number of hydrogen-bond donors (Lipinski definition) is 2. The van der Waals surface area contributed by atoms with Crippen LogP contribution in [0.25, 0.3) is 10.8 Å². The van der Waals surface area contributed by atoms with Gasteiger partial charge in [-0.15, -0.1) is 0 Å². The minimum absolute atomic E-state index is 0.178. The first-order valence-electron chi connectivity index (χ1n) is 15.4. The number of piperazine rings is 1. The smallest absolute Gasteiger partial charge is 0.318 e. The van der Waals surface area contributed by atoms with Gasteiger partial charge in [0.15, 0.2) is 0 Å². The minimum Gasteiger partial charge on any atom is -0.508 e. The van der Waals surface area contributed by atoms with E-state index >= 15 is 0 Å². The molecule has 4 fully saturated rings. The number of hydrogen-bond acceptors (Lipinski definition) is 8. The summed E-state index contributed by atoms with van der Waals surface area (Å²) in [6.45, 7) is 6.80. The Morgan fingerprint density at radius 2 is 1.70 bits per heavy atom. The number of rotatable bonds is 5. The van der Waals surface area contributed by atoms with Crippen LogP contribution in [-0.2, 0) is 12.8 Å². The molecule has 0 unspecified atom stereocenters. The van der Waals surface area contributed by atoms with Gasteiger partial charge in [0, 0.05) is 67.4 Å². The second-order valence-electron chi connectivity index (χ2n) is 12.7. The molecule has 5 aliphatic rings. The third kappa shape index (κ3) is 4.27. The molecule has 8 nitrogen and oxygen atoms in total. The molecule has 0 spiro atoms. The van der Waals surface area contributed by atoms with E-state index in [-0.39, 0.29) is 5.54 Å². The molecule has 3 aromatic rings. The van der Waals surface area contributed by atoms with Gasteiger partial charge in [-0.1, -0.05) is 24.3 Å². The molecule has 6 heterocycles. The molecule has 8 heteroatoms. The van der Waals surface area contributed by atoms with Crippen LogP contribution in [0.15, 0.2) is 36.4 Å². The highest BCUT2D eigenvalue weighted by molar-refractivity contribution is 5.95. The molecule has 2 bridgehead atoms. The summed E-state index contributed by atoms with van der Waals surface area (Å²) in [4.78, 5) is 17.8. The third-order valence-corrected chi connectivity index (χ3v) is 10.3. The highest BCUT2D eigenvalue weighted by atomic mass is 16.5. The van der Waals surface area contributed by atoms with Gasteiger partial charge in [0.25, 0.3) is 0 Å². The zero-order valence-electron chi connectivity index (χ0n) is 23.3. The van der Waals surface area contributed by atoms with Crippen molar-refractivity contribution in [1.82, 2.24) is 20.2 Å². The molecular formula is C32H40N6O2. The van der Waals surface area contributed by atoms with Crippen LogP contribution in [0.5, 0.6) is 11.8 Å². The zero-order valence-corrected chi connectivity index (χ0v) is 23.3. The van der Waals surface area contributed by atoms with E-state index in [1.165, 1.54) is 62.6 Å². The minimum atomic E-state index is 0.178. The monoisotopic (exact) mass is 540 g/mol. The van der Waals surface area contributed by atoms with Gasteiger partial charge in [0.1, 0.15) is 18.2 Å². The maximum Gasteiger partial charge on any atom is 0.318 e. The molecule has 40 heavy (non-hydrogen) atoms. The SMILES string of the molecule is Oc1cc(N2CCc3nc(OCC45CCCN4CCC5)nc(N4C[C@H]5CC[C@@H](C4)N5)c3CC2)c2ccccc2c1. The number of benzene rings is 2. The topological polar surface area (TPSA) is 77.0 Å². The molecule has 0 amide bonds. The van der Waals surface area contributed by atoms with E-state index in [9.17, 15) is 5.11 Å². The molecule has 8 rings (SSSR count). The number of ether oxygens (including phenoxy) is 1. The lowest BCUT2D eigenvalue weighted by molar-refractivity contribution is 0.107. The molecule has 0 aliphatic carbocycles. The lowest BCUT2D eigenvalue weighted by Crippen LogP contribution is -2.51. The summed E-state index contributed by atoms with van der Waals surface area (Å²) in [6, 6.07) is 13.8. The van der Waals surface area contributed by atoms with Gasteiger partial charge in [-0.2, -0.15) is 9.97 Å². The first kappa shape index (κ1) is 24.7. The normalized spacial score (nSPS) is 25.7. The van der Waals surface area contributed by atoms with Crippen LogP contribution in [0, 0.1) is 0 Å². The van der Waals surface area contributed by atoms with Crippen molar-refractivity contribution in [2.75, 3.05) is 55.7 Å². The number of phenols is 1. The Kier molecular flexibility index (Phi) is 6.03. The Balaban J connectivity index is 1.12. The van der Waals surface area contributed by atoms with Crippen molar-refractivity contribution in [3.05, 3.63) is 47.7 Å². The van der Waals surface area contributed by atoms with Crippen molar-refractivity contribution in [2.24, 2.45) is 0 Å². The van der Waals surface area contributed by atoms with Crippen LogP contribution in [0.1, 0.15) is 49.8 Å². The second kappa shape index (κ2) is 9.77. The number of aromatic nitrogens is 2. The summed E-state index contributed by atoms with van der Waals surface area (Å²) in [5.74, 6) is 1.41. The van der Waals surface area contributed by atoms with Crippen molar-refractivity contribution in [2.45, 2.75) is 69.0 Å². The molecule has 2 aromatic carbocycles. The summed E-state index contributed by atoms with van der Waals surface area (Å²) >= 11 is 0. The molecule has 1 aromatic heterocycles. The maximum absolute atomic E-state index is 10.5. The number of anilines is 2. The van der Waals surface area contributed by atoms with E-state index in [0.29, 0.717) is 30.5 Å². The number of nitrogens with one attached hydrogen (secondary N) is 1. The standard InChI is InChI=1S/C32H40N6O2/c39-25-17-22-5-1-2-6-26(22)29(18-25)36-15-9-27-28(10-16-36)34-31(40-21-32-11-3-13-38(32)14-4-12-32)35-30(27)37-19-23-7-8-24(20-37)33-23/h1-2,5-6,17-18,23-24,33,39H,3-4,7-16,19-21H2/t23-,24+. The molecule has 0 radical (unpaired) electrons. The van der Waals surface area contributed by atoms with Crippen molar-refractivity contribution < 1.29 is 9.84 Å². The van der Waals surface area contributed by atoms with Gasteiger partial charge in [0.2, 0.25) is 0 Å². The summed E-state index contributed by atoms with van der Waals surface area (Å²) < 4.78 is 6.53. The first-order valence-corrected chi connectivity index (χ1v) is 15.4. The lowest BCUT2D eigenvalue weighted by Gasteiger charge is -2.35. The van der Waals surface area contributed by atoms with E-state index in [1.807, 2.05) is 18.2 Å². The predicted molar refractivity (Wildman–Crippen MR) is 158 cm³/mol. The molecule has 210 valence electrons. The molecular weight excluding hydrogens is 500 g/mol. The van der Waals surface area contributed by atoms with E-state index < -0.39 is 0 Å². The Bertz CT molecular complexity index is 1410. The fourth-order valence-corrected chi connectivity index (χ4v) is 8.29. The number of fused-ring (bicyclic) bond motifs is 5. The van der Waals surface area contributed by atoms with E-state index in [2.05, 4.69) is 38.2 Å². The van der Waals surface area contributed by atoms with Gasteiger partial charge < -0.3 is 25.0 Å². The summed E-state index contributed by atoms with van der Waals surface area (Å²) in [5.41, 5.74) is 3.68. The molecule has 4 saturated heterocycles. The molecule has 2 atom stereocenters. The van der Waals surface area contributed by atoms with Crippen molar-refractivity contribution >= 4 is 22.3 Å². The van der Waals surface area contributed by atoms with Gasteiger partial charge >= 0.3 is 6.01 Å². The van der Waals surface area contributed by atoms with E-state index in [1.54, 1.807) is 0 Å². The molecule has 2 N–H and O–H groups in total. The lowest BCUT2D eigenvalue weighted by atomic mass is 9.95. The second-order valence-corrected chi connectivity index (χ2v) is 12.7. The fraction of sp³-hybridized carbons (Fsp3) is 0.562. The maximum atomic E-state index is 10.5. The summed E-state index contributed by atoms with van der Waals surface area (Å²) in [7, 11) is 0. The van der Waals surface area contributed by atoms with Gasteiger partial charge in [-0.25, -0.2) is 0 Å². The fourth-order valence-electron chi connectivity index (χ4n) is 8.29. The van der Waals surface area contributed by atoms with Crippen LogP contribution < -0.4 is 19.9 Å². The largest absolute Gasteiger partial charge is 0.508 e. The Morgan fingerprint density at radius 3 is 2.52 bits per heavy atom. The highest BCUT2D eigenvalue weighted by Crippen LogP contribution is 2.40. The van der Waals surface area contributed by atoms with Crippen LogP contribution >= 0.6 is 0 Å². The van der Waals surface area contributed by atoms with E-state index in [4.69, 9.17) is 14.7 Å². The average molecular weight is 541 g/mol. The quantitative estimate of drug-likeness (QED) is 0.505. The van der Waals surface area contributed by atoms with Crippen LogP contribution in [0.2, 0.25) is 0 Å². The van der Waals surface area contributed by atoms with Crippen LogP contribution in [0.3, 0.4) is 0 Å². The Hall–Kier alpha value is -3.10. The Morgan fingerprint density at radius 1 is 0.925 bits per heavy atom. The average Bonchev–Trinajstić information content (AvgIpc) is 3.60. The first-order chi connectivity index (χ1) is 19.6. The van der Waals surface area contributed by atoms with Crippen LogP contribution in [-0.4, -0.2) is 83.5 Å². The number of nitrogens with zero attached hydrogens (tertiary/aromatic N) is 5. The van der Waals surface area contributed by atoms with Gasteiger partial charge in [-0.3, -0.25) is 4.90 Å².